The van der Waals surface area contributed by atoms with E-state index in [0.717, 1.165) is 22.0 Å². The van der Waals surface area contributed by atoms with E-state index >= 15 is 0 Å². The number of carbonyl (C=O) groups excluding carboxylic acids is 1. The fourth-order valence-corrected chi connectivity index (χ4v) is 3.06. The number of carbonyl (C=O) groups is 1. The highest BCUT2D eigenvalue weighted by Gasteiger charge is 2.21. The molecule has 4 aromatic rings. The van der Waals surface area contributed by atoms with Crippen LogP contribution in [0.3, 0.4) is 0 Å². The summed E-state index contributed by atoms with van der Waals surface area (Å²) in [5.41, 5.74) is 9.83. The fraction of sp³-hybridized carbons (Fsp3) is 0.0455. The quantitative estimate of drug-likeness (QED) is 0.333. The Morgan fingerprint density at radius 1 is 1.10 bits per heavy atom. The summed E-state index contributed by atoms with van der Waals surface area (Å²) < 4.78 is 10.4. The number of nitrogen functional groups attached to an aromatic ring is 1. The molecule has 0 bridgehead atoms. The Labute approximate surface area is 172 Å². The van der Waals surface area contributed by atoms with Crippen LogP contribution in [0.4, 0.5) is 17.4 Å². The summed E-state index contributed by atoms with van der Waals surface area (Å²) in [7, 11) is 1.58. The summed E-state index contributed by atoms with van der Waals surface area (Å²) in [6, 6.07) is 20.9. The van der Waals surface area contributed by atoms with E-state index in [2.05, 4.69) is 21.0 Å². The molecular weight excluding hydrogens is 382 g/mol. The maximum Gasteiger partial charge on any atom is 0.280 e. The molecule has 0 saturated heterocycles. The molecule has 0 spiro atoms. The molecule has 0 fully saturated rings. The van der Waals surface area contributed by atoms with Gasteiger partial charge in [-0.05, 0) is 29.0 Å². The van der Waals surface area contributed by atoms with Crippen LogP contribution in [0.1, 0.15) is 15.9 Å². The first-order valence-corrected chi connectivity index (χ1v) is 9.13. The second-order valence-corrected chi connectivity index (χ2v) is 6.36. The number of benzene rings is 3. The van der Waals surface area contributed by atoms with Crippen LogP contribution in [0.5, 0.6) is 5.75 Å². The molecule has 0 radical (unpaired) electrons. The Balaban J connectivity index is 1.57. The number of rotatable bonds is 6. The SMILES string of the molecule is COc1ccc2ccccc2c1/C=N/NC(=O)c1c(Nc2ccccc2)noc1N. The number of fused-ring (bicyclic) bond motifs is 1. The van der Waals surface area contributed by atoms with E-state index in [0.29, 0.717) is 5.75 Å². The number of ether oxygens (including phenoxy) is 1. The summed E-state index contributed by atoms with van der Waals surface area (Å²) in [4.78, 5) is 12.7. The highest BCUT2D eigenvalue weighted by Crippen LogP contribution is 2.27. The van der Waals surface area contributed by atoms with Crippen LogP contribution >= 0.6 is 0 Å². The number of aromatic nitrogens is 1. The summed E-state index contributed by atoms with van der Waals surface area (Å²) >= 11 is 0. The molecule has 0 saturated carbocycles. The number of nitrogens with two attached hydrogens (primary N) is 1. The Kier molecular flexibility index (Phi) is 5.29. The molecule has 1 heterocycles. The second kappa shape index (κ2) is 8.36. The Morgan fingerprint density at radius 3 is 2.67 bits per heavy atom. The van der Waals surface area contributed by atoms with E-state index in [-0.39, 0.29) is 17.3 Å². The van der Waals surface area contributed by atoms with Crippen molar-refractivity contribution in [2.75, 3.05) is 18.2 Å². The van der Waals surface area contributed by atoms with Crippen molar-refractivity contribution in [3.05, 3.63) is 77.9 Å². The van der Waals surface area contributed by atoms with Gasteiger partial charge in [-0.15, -0.1) is 0 Å². The van der Waals surface area contributed by atoms with Gasteiger partial charge in [-0.3, -0.25) is 4.79 Å². The summed E-state index contributed by atoms with van der Waals surface area (Å²) in [6.45, 7) is 0. The predicted molar refractivity (Wildman–Crippen MR) is 116 cm³/mol. The van der Waals surface area contributed by atoms with E-state index in [1.54, 1.807) is 7.11 Å². The Morgan fingerprint density at radius 2 is 1.87 bits per heavy atom. The van der Waals surface area contributed by atoms with Crippen molar-refractivity contribution in [1.29, 1.82) is 0 Å². The number of methoxy groups -OCH3 is 1. The third kappa shape index (κ3) is 3.79. The van der Waals surface area contributed by atoms with Crippen molar-refractivity contribution in [3.63, 3.8) is 0 Å². The zero-order valence-corrected chi connectivity index (χ0v) is 16.1. The van der Waals surface area contributed by atoms with E-state index in [9.17, 15) is 4.79 Å². The summed E-state index contributed by atoms with van der Waals surface area (Å²) in [5.74, 6) is 0.184. The molecule has 1 aromatic heterocycles. The topological polar surface area (TPSA) is 115 Å². The van der Waals surface area contributed by atoms with Gasteiger partial charge in [0.1, 0.15) is 11.3 Å². The Hall–Kier alpha value is -4.33. The first-order valence-electron chi connectivity index (χ1n) is 9.13. The first kappa shape index (κ1) is 19.0. The van der Waals surface area contributed by atoms with E-state index in [1.807, 2.05) is 66.7 Å². The molecule has 8 nitrogen and oxygen atoms in total. The highest BCUT2D eigenvalue weighted by atomic mass is 16.5. The van der Waals surface area contributed by atoms with Crippen molar-refractivity contribution in [3.8, 4) is 5.75 Å². The minimum absolute atomic E-state index is 0.0703. The van der Waals surface area contributed by atoms with Crippen LogP contribution in [0.2, 0.25) is 0 Å². The second-order valence-electron chi connectivity index (χ2n) is 6.36. The summed E-state index contributed by atoms with van der Waals surface area (Å²) in [6.07, 6.45) is 1.53. The van der Waals surface area contributed by atoms with Gasteiger partial charge in [0.15, 0.2) is 5.82 Å². The van der Waals surface area contributed by atoms with Crippen molar-refractivity contribution in [2.24, 2.45) is 5.10 Å². The van der Waals surface area contributed by atoms with Crippen LogP contribution in [0.15, 0.2) is 76.4 Å². The van der Waals surface area contributed by atoms with Crippen molar-refractivity contribution < 1.29 is 14.1 Å². The highest BCUT2D eigenvalue weighted by molar-refractivity contribution is 6.05. The van der Waals surface area contributed by atoms with Gasteiger partial charge in [0.25, 0.3) is 5.91 Å². The molecule has 30 heavy (non-hydrogen) atoms. The van der Waals surface area contributed by atoms with E-state index in [1.165, 1.54) is 6.21 Å². The third-order valence-corrected chi connectivity index (χ3v) is 4.49. The number of nitrogens with zero attached hydrogens (tertiary/aromatic N) is 2. The van der Waals surface area contributed by atoms with Crippen molar-refractivity contribution >= 4 is 40.3 Å². The fourth-order valence-electron chi connectivity index (χ4n) is 3.06. The van der Waals surface area contributed by atoms with Gasteiger partial charge in [0.2, 0.25) is 5.88 Å². The lowest BCUT2D eigenvalue weighted by Crippen LogP contribution is -2.19. The maximum atomic E-state index is 12.7. The number of hydrogen-bond donors (Lipinski definition) is 3. The van der Waals surface area contributed by atoms with Gasteiger partial charge in [0, 0.05) is 11.3 Å². The largest absolute Gasteiger partial charge is 0.496 e. The number of anilines is 3. The first-order chi connectivity index (χ1) is 14.7. The number of para-hydroxylation sites is 1. The lowest BCUT2D eigenvalue weighted by atomic mass is 10.0. The molecule has 1 amide bonds. The zero-order valence-electron chi connectivity index (χ0n) is 16.1. The molecule has 0 unspecified atom stereocenters. The summed E-state index contributed by atoms with van der Waals surface area (Å²) in [5, 5.41) is 12.9. The van der Waals surface area contributed by atoms with Crippen LogP contribution in [-0.4, -0.2) is 24.4 Å². The number of amides is 1. The monoisotopic (exact) mass is 401 g/mol. The third-order valence-electron chi connectivity index (χ3n) is 4.49. The Bertz CT molecular complexity index is 1220. The molecule has 0 aliphatic rings. The van der Waals surface area contributed by atoms with E-state index in [4.69, 9.17) is 15.0 Å². The normalized spacial score (nSPS) is 11.0. The standard InChI is InChI=1S/C22H19N5O3/c1-29-18-12-11-14-7-5-6-10-16(14)17(18)13-24-26-22(28)19-20(23)30-27-21(19)25-15-8-3-2-4-9-15/h2-13H,23H2,1H3,(H,25,27)(H,26,28)/b24-13+. The molecule has 4 rings (SSSR count). The van der Waals surface area contributed by atoms with E-state index < -0.39 is 5.91 Å². The van der Waals surface area contributed by atoms with Gasteiger partial charge >= 0.3 is 0 Å². The molecule has 0 aliphatic heterocycles. The molecular formula is C22H19N5O3. The lowest BCUT2D eigenvalue weighted by molar-refractivity contribution is 0.0956. The van der Waals surface area contributed by atoms with Crippen LogP contribution in [-0.2, 0) is 0 Å². The average Bonchev–Trinajstić information content (AvgIpc) is 3.14. The zero-order chi connectivity index (χ0) is 20.9. The van der Waals surface area contributed by atoms with Crippen molar-refractivity contribution in [2.45, 2.75) is 0 Å². The molecule has 4 N–H and O–H groups in total. The van der Waals surface area contributed by atoms with Crippen LogP contribution in [0, 0.1) is 0 Å². The molecule has 3 aromatic carbocycles. The molecule has 8 heteroatoms. The molecule has 150 valence electrons. The van der Waals surface area contributed by atoms with Gasteiger partial charge in [-0.2, -0.15) is 5.10 Å². The smallest absolute Gasteiger partial charge is 0.280 e. The maximum absolute atomic E-state index is 12.7. The lowest BCUT2D eigenvalue weighted by Gasteiger charge is -2.08. The molecule has 0 atom stereocenters. The average molecular weight is 401 g/mol. The number of hydrogen-bond acceptors (Lipinski definition) is 7. The van der Waals surface area contributed by atoms with Gasteiger partial charge in [-0.25, -0.2) is 5.43 Å². The number of hydrazone groups is 1. The van der Waals surface area contributed by atoms with Crippen molar-refractivity contribution in [1.82, 2.24) is 10.6 Å². The minimum atomic E-state index is -0.553. The predicted octanol–water partition coefficient (Wildman–Crippen LogP) is 3.93. The minimum Gasteiger partial charge on any atom is -0.496 e. The van der Waals surface area contributed by atoms with Crippen LogP contribution < -0.4 is 21.2 Å². The van der Waals surface area contributed by atoms with Gasteiger partial charge in [-0.1, -0.05) is 53.7 Å². The van der Waals surface area contributed by atoms with Crippen LogP contribution in [0.25, 0.3) is 10.8 Å². The molecule has 0 aliphatic carbocycles. The van der Waals surface area contributed by atoms with Gasteiger partial charge in [0.05, 0.1) is 13.3 Å². The number of nitrogens with one attached hydrogen (secondary N) is 2. The van der Waals surface area contributed by atoms with Gasteiger partial charge < -0.3 is 20.3 Å².